The van der Waals surface area contributed by atoms with Crippen LogP contribution in [0.4, 0.5) is 4.39 Å². The maximum atomic E-state index is 15.3. The summed E-state index contributed by atoms with van der Waals surface area (Å²) in [6.45, 7) is 2.20. The second kappa shape index (κ2) is 14.4. The number of fused-ring (bicyclic) bond motifs is 7. The highest BCUT2D eigenvalue weighted by Crippen LogP contribution is 2.31. The number of nitrogens with zero attached hydrogens (tertiary/aromatic N) is 2. The number of aromatic nitrogens is 2. The van der Waals surface area contributed by atoms with Crippen molar-refractivity contribution in [1.29, 1.82) is 0 Å². The molecule has 6 bridgehead atoms. The van der Waals surface area contributed by atoms with E-state index in [1.54, 1.807) is 60.4 Å². The zero-order valence-corrected chi connectivity index (χ0v) is 28.1. The van der Waals surface area contributed by atoms with Gasteiger partial charge in [-0.25, -0.2) is 4.39 Å². The molecular formula is C39H36FN5O6. The van der Waals surface area contributed by atoms with Crippen LogP contribution in [0, 0.1) is 12.7 Å². The van der Waals surface area contributed by atoms with Gasteiger partial charge in [0.25, 0.3) is 17.7 Å². The average Bonchev–Trinajstić information content (AvgIpc) is 3.55. The van der Waals surface area contributed by atoms with Crippen molar-refractivity contribution in [2.75, 3.05) is 26.8 Å². The Morgan fingerprint density at radius 3 is 2.57 bits per heavy atom. The van der Waals surface area contributed by atoms with E-state index in [-0.39, 0.29) is 37.1 Å². The Bertz CT molecular complexity index is 2100. The highest BCUT2D eigenvalue weighted by atomic mass is 19.1. The lowest BCUT2D eigenvalue weighted by Gasteiger charge is -2.39. The number of nitrogens with one attached hydrogen (secondary N) is 3. The number of benzene rings is 4. The standard InChI is InChI=1S/C39H36FN5O6/c1-23-36(37(44-43-23)24-7-4-3-5-8-24)39(48)45-16-15-33-32(21-45)42-38(47)30-18-26(12-14-31(30)40)25-9-6-10-28(17-25)50-22-35(46)41-20-27-11-13-29(51-33)19-34(27)49-2/h3-14,17-19,32-33H,15-16,20-22H2,1-2H3,(H,41,46)(H,42,47)(H,43,44)/t32-,33+/m1/s1. The topological polar surface area (TPSA) is 135 Å². The van der Waals surface area contributed by atoms with E-state index in [2.05, 4.69) is 20.8 Å². The van der Waals surface area contributed by atoms with E-state index in [0.29, 0.717) is 58.3 Å². The van der Waals surface area contributed by atoms with Gasteiger partial charge in [-0.2, -0.15) is 5.10 Å². The summed E-state index contributed by atoms with van der Waals surface area (Å²) in [5.74, 6) is -0.543. The van der Waals surface area contributed by atoms with E-state index in [9.17, 15) is 14.4 Å². The third-order valence-corrected chi connectivity index (χ3v) is 9.13. The third-order valence-electron chi connectivity index (χ3n) is 9.13. The normalized spacial score (nSPS) is 17.7. The average molecular weight is 690 g/mol. The van der Waals surface area contributed by atoms with E-state index in [1.807, 2.05) is 30.3 Å². The SMILES string of the molecule is COc1cc2ccc1CNC(=O)COc1cccc(c1)-c1ccc(F)c(c1)C(=O)N[C@@H]1CN(C(=O)c3c(-c4ccccc4)n[nH]c3C)CC[C@@H]1O2. The molecule has 3 aliphatic heterocycles. The number of piperidine rings is 1. The lowest BCUT2D eigenvalue weighted by molar-refractivity contribution is -0.123. The number of H-pyrrole nitrogens is 1. The first kappa shape index (κ1) is 33.3. The van der Waals surface area contributed by atoms with Gasteiger partial charge in [0.05, 0.1) is 24.3 Å². The number of carbonyl (C=O) groups excluding carboxylic acids is 3. The largest absolute Gasteiger partial charge is 0.496 e. The van der Waals surface area contributed by atoms with Crippen molar-refractivity contribution in [3.05, 3.63) is 119 Å². The quantitative estimate of drug-likeness (QED) is 0.234. The van der Waals surface area contributed by atoms with Crippen LogP contribution in [0.1, 0.15) is 38.4 Å². The van der Waals surface area contributed by atoms with Gasteiger partial charge in [0.2, 0.25) is 0 Å². The highest BCUT2D eigenvalue weighted by molar-refractivity contribution is 6.01. The summed E-state index contributed by atoms with van der Waals surface area (Å²) >= 11 is 0. The molecule has 8 rings (SSSR count). The van der Waals surface area contributed by atoms with E-state index in [1.165, 1.54) is 19.2 Å². The van der Waals surface area contributed by atoms with Crippen molar-refractivity contribution in [1.82, 2.24) is 25.7 Å². The van der Waals surface area contributed by atoms with Crippen LogP contribution in [0.5, 0.6) is 17.2 Å². The first-order valence-corrected chi connectivity index (χ1v) is 16.6. The van der Waals surface area contributed by atoms with Gasteiger partial charge in [0, 0.05) is 48.9 Å². The van der Waals surface area contributed by atoms with Crippen LogP contribution in [-0.2, 0) is 11.3 Å². The van der Waals surface area contributed by atoms with Crippen LogP contribution in [0.2, 0.25) is 0 Å². The Kier molecular flexibility index (Phi) is 9.38. The van der Waals surface area contributed by atoms with Gasteiger partial charge in [0.1, 0.15) is 34.9 Å². The number of halogens is 1. The molecule has 51 heavy (non-hydrogen) atoms. The molecule has 4 aromatic carbocycles. The van der Waals surface area contributed by atoms with Crippen LogP contribution >= 0.6 is 0 Å². The number of carbonyl (C=O) groups is 3. The molecule has 3 aliphatic rings. The van der Waals surface area contributed by atoms with Gasteiger partial charge in [-0.05, 0) is 54.4 Å². The number of methoxy groups -OCH3 is 1. The van der Waals surface area contributed by atoms with E-state index in [4.69, 9.17) is 14.2 Å². The fourth-order valence-corrected chi connectivity index (χ4v) is 6.45. The number of ether oxygens (including phenoxy) is 3. The van der Waals surface area contributed by atoms with Crippen molar-refractivity contribution in [2.45, 2.75) is 32.0 Å². The molecule has 0 spiro atoms. The first-order valence-electron chi connectivity index (χ1n) is 16.6. The number of amides is 3. The third kappa shape index (κ3) is 7.11. The smallest absolute Gasteiger partial charge is 0.258 e. The fourth-order valence-electron chi connectivity index (χ4n) is 6.45. The predicted octanol–water partition coefficient (Wildman–Crippen LogP) is 5.30. The zero-order chi connectivity index (χ0) is 35.5. The van der Waals surface area contributed by atoms with Gasteiger partial charge in [0.15, 0.2) is 6.61 Å². The summed E-state index contributed by atoms with van der Waals surface area (Å²) < 4.78 is 33.2. The highest BCUT2D eigenvalue weighted by Gasteiger charge is 2.37. The second-order valence-electron chi connectivity index (χ2n) is 12.5. The van der Waals surface area contributed by atoms with Gasteiger partial charge >= 0.3 is 0 Å². The fraction of sp³-hybridized carbons (Fsp3) is 0.231. The number of likely N-dealkylation sites (tertiary alicyclic amines) is 1. The van der Waals surface area contributed by atoms with Crippen molar-refractivity contribution in [2.24, 2.45) is 0 Å². The van der Waals surface area contributed by atoms with E-state index < -0.39 is 23.9 Å². The Morgan fingerprint density at radius 1 is 0.941 bits per heavy atom. The van der Waals surface area contributed by atoms with Crippen molar-refractivity contribution in [3.8, 4) is 39.6 Å². The van der Waals surface area contributed by atoms with E-state index >= 15 is 4.39 Å². The molecule has 5 aromatic rings. The summed E-state index contributed by atoms with van der Waals surface area (Å²) in [6.07, 6.45) is -0.220. The molecular weight excluding hydrogens is 653 g/mol. The Morgan fingerprint density at radius 2 is 1.75 bits per heavy atom. The number of rotatable bonds is 3. The molecule has 3 amide bonds. The molecule has 260 valence electrons. The van der Waals surface area contributed by atoms with Crippen LogP contribution in [0.3, 0.4) is 0 Å². The molecule has 11 nitrogen and oxygen atoms in total. The van der Waals surface area contributed by atoms with Gasteiger partial charge in [-0.15, -0.1) is 0 Å². The maximum Gasteiger partial charge on any atom is 0.258 e. The molecule has 3 N–H and O–H groups in total. The second-order valence-corrected chi connectivity index (χ2v) is 12.5. The molecule has 1 aromatic heterocycles. The van der Waals surface area contributed by atoms with Gasteiger partial charge in [-0.1, -0.05) is 48.5 Å². The minimum atomic E-state index is -0.724. The van der Waals surface area contributed by atoms with Crippen LogP contribution in [-0.4, -0.2) is 71.8 Å². The molecule has 1 fully saturated rings. The van der Waals surface area contributed by atoms with E-state index in [0.717, 1.165) is 11.1 Å². The van der Waals surface area contributed by atoms with Gasteiger partial charge < -0.3 is 29.7 Å². The lowest BCUT2D eigenvalue weighted by Crippen LogP contribution is -2.58. The summed E-state index contributed by atoms with van der Waals surface area (Å²) in [5.41, 5.74) is 4.19. The molecule has 12 heteroatoms. The Balaban J connectivity index is 1.24. The zero-order valence-electron chi connectivity index (χ0n) is 28.1. The van der Waals surface area contributed by atoms with Crippen LogP contribution < -0.4 is 24.8 Å². The van der Waals surface area contributed by atoms with Crippen molar-refractivity contribution >= 4 is 17.7 Å². The summed E-state index contributed by atoms with van der Waals surface area (Å²) in [6, 6.07) is 25.2. The molecule has 1 saturated heterocycles. The lowest BCUT2D eigenvalue weighted by atomic mass is 9.98. The van der Waals surface area contributed by atoms with Crippen molar-refractivity contribution in [3.63, 3.8) is 0 Å². The molecule has 2 atom stereocenters. The minimum absolute atomic E-state index is 0.0933. The van der Waals surface area contributed by atoms with Crippen LogP contribution in [0.15, 0.2) is 91.0 Å². The summed E-state index contributed by atoms with van der Waals surface area (Å²) in [5, 5.41) is 13.2. The van der Waals surface area contributed by atoms with Gasteiger partial charge in [-0.3, -0.25) is 19.5 Å². The first-order chi connectivity index (χ1) is 24.8. The molecule has 0 saturated carbocycles. The number of aryl methyl sites for hydroxylation is 1. The molecule has 0 radical (unpaired) electrons. The number of hydrogen-bond donors (Lipinski definition) is 3. The Labute approximate surface area is 293 Å². The summed E-state index contributed by atoms with van der Waals surface area (Å²) in [4.78, 5) is 42.4. The molecule has 0 aliphatic carbocycles. The monoisotopic (exact) mass is 689 g/mol. The molecule has 0 unspecified atom stereocenters. The summed E-state index contributed by atoms with van der Waals surface area (Å²) in [7, 11) is 1.52. The number of hydrogen-bond acceptors (Lipinski definition) is 7. The predicted molar refractivity (Wildman–Crippen MR) is 187 cm³/mol. The molecule has 4 heterocycles. The van der Waals surface area contributed by atoms with Crippen molar-refractivity contribution < 1.29 is 33.0 Å². The Hall–Kier alpha value is -6.17. The number of aromatic amines is 1. The van der Waals surface area contributed by atoms with Crippen LogP contribution in [0.25, 0.3) is 22.4 Å². The maximum absolute atomic E-state index is 15.3. The minimum Gasteiger partial charge on any atom is -0.496 e.